The van der Waals surface area contributed by atoms with Crippen molar-refractivity contribution < 1.29 is 19.0 Å². The lowest BCUT2D eigenvalue weighted by molar-refractivity contribution is -0.112. The Morgan fingerprint density at radius 2 is 1.85 bits per heavy atom. The zero-order valence-electron chi connectivity index (χ0n) is 15.6. The Morgan fingerprint density at radius 1 is 1.11 bits per heavy atom. The van der Waals surface area contributed by atoms with Crippen LogP contribution in [0.15, 0.2) is 48.0 Å². The van der Waals surface area contributed by atoms with E-state index >= 15 is 0 Å². The Kier molecular flexibility index (Phi) is 7.26. The molecule has 0 heterocycles. The molecule has 0 aromatic heterocycles. The summed E-state index contributed by atoms with van der Waals surface area (Å²) in [6.45, 7) is 2.60. The molecule has 0 saturated carbocycles. The number of nitriles is 1. The number of hydrogen-bond acceptors (Lipinski definition) is 5. The molecule has 2 aromatic carbocycles. The first-order valence-corrected chi connectivity index (χ1v) is 8.49. The molecule has 0 aliphatic carbocycles. The molecule has 1 N–H and O–H groups in total. The second-order valence-corrected chi connectivity index (χ2v) is 5.61. The van der Waals surface area contributed by atoms with Gasteiger partial charge in [0, 0.05) is 5.69 Å². The van der Waals surface area contributed by atoms with Gasteiger partial charge in [0.25, 0.3) is 5.91 Å². The molecule has 27 heavy (non-hydrogen) atoms. The number of benzene rings is 2. The van der Waals surface area contributed by atoms with Crippen molar-refractivity contribution in [2.24, 2.45) is 0 Å². The lowest BCUT2D eigenvalue weighted by Crippen LogP contribution is -2.13. The number of methoxy groups -OCH3 is 2. The first-order chi connectivity index (χ1) is 13.1. The van der Waals surface area contributed by atoms with Crippen LogP contribution in [0.3, 0.4) is 0 Å². The highest BCUT2D eigenvalue weighted by Gasteiger charge is 2.11. The van der Waals surface area contributed by atoms with E-state index < -0.39 is 5.91 Å². The third kappa shape index (κ3) is 5.51. The second kappa shape index (κ2) is 9.88. The van der Waals surface area contributed by atoms with Gasteiger partial charge in [0.05, 0.1) is 20.8 Å². The van der Waals surface area contributed by atoms with Crippen molar-refractivity contribution in [1.29, 1.82) is 5.26 Å². The summed E-state index contributed by atoms with van der Waals surface area (Å²) in [5.41, 5.74) is 1.22. The highest BCUT2D eigenvalue weighted by atomic mass is 16.5. The summed E-state index contributed by atoms with van der Waals surface area (Å²) < 4.78 is 16.0. The molecule has 0 fully saturated rings. The topological polar surface area (TPSA) is 80.6 Å². The quantitative estimate of drug-likeness (QED) is 0.563. The number of anilines is 1. The van der Waals surface area contributed by atoms with Crippen LogP contribution in [-0.2, 0) is 4.79 Å². The van der Waals surface area contributed by atoms with Crippen LogP contribution >= 0.6 is 0 Å². The summed E-state index contributed by atoms with van der Waals surface area (Å²) in [6.07, 6.45) is 2.39. The first kappa shape index (κ1) is 19.9. The fourth-order valence-corrected chi connectivity index (χ4v) is 2.29. The Hall–Kier alpha value is -3.46. The number of ether oxygens (including phenoxy) is 3. The molecular formula is C21H22N2O4. The average molecular weight is 366 g/mol. The van der Waals surface area contributed by atoms with Gasteiger partial charge in [-0.3, -0.25) is 4.79 Å². The van der Waals surface area contributed by atoms with Crippen molar-refractivity contribution in [3.05, 3.63) is 53.6 Å². The van der Waals surface area contributed by atoms with Gasteiger partial charge in [0.2, 0.25) is 0 Å². The van der Waals surface area contributed by atoms with Crippen LogP contribution in [0.1, 0.15) is 18.9 Å². The molecule has 2 rings (SSSR count). The molecule has 0 spiro atoms. The predicted octanol–water partition coefficient (Wildman–Crippen LogP) is 4.04. The van der Waals surface area contributed by atoms with Crippen molar-refractivity contribution in [1.82, 2.24) is 0 Å². The van der Waals surface area contributed by atoms with Gasteiger partial charge in [0.1, 0.15) is 17.4 Å². The summed E-state index contributed by atoms with van der Waals surface area (Å²) in [5.74, 6) is 1.36. The number of carbonyl (C=O) groups is 1. The van der Waals surface area contributed by atoms with Crippen molar-refractivity contribution >= 4 is 17.7 Å². The zero-order valence-corrected chi connectivity index (χ0v) is 15.6. The minimum Gasteiger partial charge on any atom is -0.497 e. The Bertz CT molecular complexity index is 851. The lowest BCUT2D eigenvalue weighted by atomic mass is 10.1. The molecule has 0 aliphatic heterocycles. The Labute approximate surface area is 159 Å². The van der Waals surface area contributed by atoms with Crippen LogP contribution in [-0.4, -0.2) is 26.7 Å². The number of nitrogens with zero attached hydrogens (tertiary/aromatic N) is 1. The van der Waals surface area contributed by atoms with Crippen LogP contribution in [0.2, 0.25) is 0 Å². The zero-order chi connectivity index (χ0) is 19.6. The molecule has 0 radical (unpaired) electrons. The van der Waals surface area contributed by atoms with E-state index in [-0.39, 0.29) is 5.57 Å². The Morgan fingerprint density at radius 3 is 2.44 bits per heavy atom. The minimum atomic E-state index is -0.493. The SMILES string of the molecule is CCCOc1ccc(/C=C(/C#N)C(=O)Nc2ccc(OC)cc2)cc1OC. The maximum Gasteiger partial charge on any atom is 0.266 e. The van der Waals surface area contributed by atoms with Crippen LogP contribution in [0.4, 0.5) is 5.69 Å². The molecule has 0 bridgehead atoms. The standard InChI is InChI=1S/C21H22N2O4/c1-4-11-27-19-10-5-15(13-20(19)26-3)12-16(14-22)21(24)23-17-6-8-18(25-2)9-7-17/h5-10,12-13H,4,11H2,1-3H3,(H,23,24)/b16-12-. The van der Waals surface area contributed by atoms with E-state index in [0.717, 1.165) is 6.42 Å². The highest BCUT2D eigenvalue weighted by molar-refractivity contribution is 6.09. The molecule has 140 valence electrons. The molecule has 6 nitrogen and oxygen atoms in total. The van der Waals surface area contributed by atoms with Crippen molar-refractivity contribution in [2.45, 2.75) is 13.3 Å². The lowest BCUT2D eigenvalue weighted by Gasteiger charge is -2.10. The third-order valence-corrected chi connectivity index (χ3v) is 3.67. The van der Waals surface area contributed by atoms with Gasteiger partial charge in [-0.1, -0.05) is 13.0 Å². The van der Waals surface area contributed by atoms with Gasteiger partial charge < -0.3 is 19.5 Å². The highest BCUT2D eigenvalue weighted by Crippen LogP contribution is 2.29. The maximum atomic E-state index is 12.4. The Balaban J connectivity index is 2.18. The van der Waals surface area contributed by atoms with E-state index in [9.17, 15) is 10.1 Å². The van der Waals surface area contributed by atoms with Crippen molar-refractivity contribution in [3.63, 3.8) is 0 Å². The predicted molar refractivity (Wildman–Crippen MR) is 104 cm³/mol. The summed E-state index contributed by atoms with van der Waals surface area (Å²) in [6, 6.07) is 14.0. The monoisotopic (exact) mass is 366 g/mol. The van der Waals surface area contributed by atoms with E-state index in [4.69, 9.17) is 14.2 Å². The molecule has 0 atom stereocenters. The summed E-state index contributed by atoms with van der Waals surface area (Å²) in [7, 11) is 3.11. The van der Waals surface area contributed by atoms with E-state index in [0.29, 0.717) is 35.1 Å². The van der Waals surface area contributed by atoms with Crippen LogP contribution in [0.5, 0.6) is 17.2 Å². The van der Waals surface area contributed by atoms with Gasteiger partial charge in [-0.25, -0.2) is 0 Å². The van der Waals surface area contributed by atoms with Gasteiger partial charge in [-0.2, -0.15) is 5.26 Å². The molecule has 2 aromatic rings. The number of amides is 1. The van der Waals surface area contributed by atoms with E-state index in [2.05, 4.69) is 5.32 Å². The maximum absolute atomic E-state index is 12.4. The number of nitrogens with one attached hydrogen (secondary N) is 1. The summed E-state index contributed by atoms with van der Waals surface area (Å²) in [4.78, 5) is 12.4. The van der Waals surface area contributed by atoms with Crippen molar-refractivity contribution in [3.8, 4) is 23.3 Å². The number of hydrogen-bond donors (Lipinski definition) is 1. The second-order valence-electron chi connectivity index (χ2n) is 5.61. The molecule has 1 amide bonds. The van der Waals surface area contributed by atoms with Crippen LogP contribution in [0, 0.1) is 11.3 Å². The van der Waals surface area contributed by atoms with Crippen LogP contribution in [0.25, 0.3) is 6.08 Å². The molecule has 0 unspecified atom stereocenters. The molecule has 0 aliphatic rings. The molecule has 6 heteroatoms. The average Bonchev–Trinajstić information content (AvgIpc) is 2.71. The van der Waals surface area contributed by atoms with E-state index in [1.54, 1.807) is 56.7 Å². The summed E-state index contributed by atoms with van der Waals surface area (Å²) in [5, 5.41) is 12.1. The fraction of sp³-hybridized carbons (Fsp3) is 0.238. The number of rotatable bonds is 8. The molecule has 0 saturated heterocycles. The van der Waals surface area contributed by atoms with Gasteiger partial charge in [0.15, 0.2) is 11.5 Å². The van der Waals surface area contributed by atoms with E-state index in [1.807, 2.05) is 13.0 Å². The first-order valence-electron chi connectivity index (χ1n) is 8.49. The largest absolute Gasteiger partial charge is 0.497 e. The normalized spacial score (nSPS) is 10.7. The fourth-order valence-electron chi connectivity index (χ4n) is 2.29. The van der Waals surface area contributed by atoms with Gasteiger partial charge in [-0.05, 0) is 54.5 Å². The minimum absolute atomic E-state index is 0.0184. The van der Waals surface area contributed by atoms with Gasteiger partial charge in [-0.15, -0.1) is 0 Å². The van der Waals surface area contributed by atoms with E-state index in [1.165, 1.54) is 6.08 Å². The van der Waals surface area contributed by atoms with Crippen molar-refractivity contribution in [2.75, 3.05) is 26.1 Å². The number of carbonyl (C=O) groups excluding carboxylic acids is 1. The summed E-state index contributed by atoms with van der Waals surface area (Å²) >= 11 is 0. The van der Waals surface area contributed by atoms with Crippen LogP contribution < -0.4 is 19.5 Å². The molecular weight excluding hydrogens is 344 g/mol. The smallest absolute Gasteiger partial charge is 0.266 e. The van der Waals surface area contributed by atoms with Gasteiger partial charge >= 0.3 is 0 Å². The third-order valence-electron chi connectivity index (χ3n) is 3.67.